The van der Waals surface area contributed by atoms with E-state index < -0.39 is 0 Å². The number of hydrogen-bond acceptors (Lipinski definition) is 4. The van der Waals surface area contributed by atoms with Crippen molar-refractivity contribution >= 4 is 41.3 Å². The molecule has 2 aliphatic heterocycles. The summed E-state index contributed by atoms with van der Waals surface area (Å²) in [5.41, 5.74) is 8.81. The van der Waals surface area contributed by atoms with Crippen LogP contribution in [0.2, 0.25) is 0 Å². The Morgan fingerprint density at radius 1 is 1.41 bits per heavy atom. The maximum absolute atomic E-state index is 6.18. The molecule has 2 aromatic rings. The van der Waals surface area contributed by atoms with E-state index in [0.29, 0.717) is 25.2 Å². The van der Waals surface area contributed by atoms with Gasteiger partial charge in [-0.3, -0.25) is 9.89 Å². The van der Waals surface area contributed by atoms with Crippen molar-refractivity contribution in [2.75, 3.05) is 19.7 Å². The zero-order valence-electron chi connectivity index (χ0n) is 15.6. The predicted octanol–water partition coefficient (Wildman–Crippen LogP) is 3.54. The molecule has 0 spiro atoms. The molecular formula is C20H27IN4OS. The Morgan fingerprint density at radius 3 is 3.15 bits per heavy atom. The smallest absolute Gasteiger partial charge is 0.189 e. The molecule has 0 aliphatic carbocycles. The van der Waals surface area contributed by atoms with E-state index in [0.717, 1.165) is 37.2 Å². The molecule has 3 N–H and O–H groups in total. The quantitative estimate of drug-likeness (QED) is 0.385. The summed E-state index contributed by atoms with van der Waals surface area (Å²) in [5, 5.41) is 5.57. The van der Waals surface area contributed by atoms with Gasteiger partial charge in [-0.15, -0.1) is 35.3 Å². The second-order valence-electron chi connectivity index (χ2n) is 7.04. The number of nitrogens with one attached hydrogen (secondary N) is 1. The predicted molar refractivity (Wildman–Crippen MR) is 122 cm³/mol. The first kappa shape index (κ1) is 20.4. The monoisotopic (exact) mass is 498 g/mol. The number of halogens is 1. The molecule has 0 saturated carbocycles. The number of thiophene rings is 1. The van der Waals surface area contributed by atoms with Crippen LogP contribution in [-0.4, -0.2) is 36.6 Å². The third-order valence-corrected chi connectivity index (χ3v) is 6.29. The van der Waals surface area contributed by atoms with Gasteiger partial charge >= 0.3 is 0 Å². The number of ether oxygens (including phenoxy) is 1. The lowest BCUT2D eigenvalue weighted by molar-refractivity contribution is 0.197. The van der Waals surface area contributed by atoms with Crippen LogP contribution in [0.5, 0.6) is 5.75 Å². The van der Waals surface area contributed by atoms with Crippen molar-refractivity contribution in [2.24, 2.45) is 10.7 Å². The second-order valence-corrected chi connectivity index (χ2v) is 8.04. The molecule has 0 saturated heterocycles. The van der Waals surface area contributed by atoms with Gasteiger partial charge in [-0.2, -0.15) is 0 Å². The third kappa shape index (κ3) is 4.75. The van der Waals surface area contributed by atoms with Crippen LogP contribution in [0.1, 0.15) is 35.4 Å². The number of guanidine groups is 1. The number of para-hydroxylation sites is 1. The van der Waals surface area contributed by atoms with Gasteiger partial charge in [-0.05, 0) is 36.4 Å². The van der Waals surface area contributed by atoms with Gasteiger partial charge in [-0.25, -0.2) is 0 Å². The third-order valence-electron chi connectivity index (χ3n) is 5.27. The van der Waals surface area contributed by atoms with E-state index in [2.05, 4.69) is 39.6 Å². The highest BCUT2D eigenvalue weighted by atomic mass is 127. The largest absolute Gasteiger partial charge is 0.493 e. The summed E-state index contributed by atoms with van der Waals surface area (Å²) in [6.45, 7) is 5.78. The molecule has 3 heterocycles. The summed E-state index contributed by atoms with van der Waals surface area (Å²) >= 11 is 1.88. The fourth-order valence-electron chi connectivity index (χ4n) is 3.71. The Morgan fingerprint density at radius 2 is 2.26 bits per heavy atom. The van der Waals surface area contributed by atoms with Crippen LogP contribution in [0, 0.1) is 0 Å². The van der Waals surface area contributed by atoms with Crippen LogP contribution < -0.4 is 15.8 Å². The molecule has 27 heavy (non-hydrogen) atoms. The molecule has 4 rings (SSSR count). The van der Waals surface area contributed by atoms with Gasteiger partial charge in [0.1, 0.15) is 5.75 Å². The second kappa shape index (κ2) is 9.25. The number of nitrogens with two attached hydrogens (primary N) is 1. The number of fused-ring (bicyclic) bond motifs is 2. The molecule has 7 heteroatoms. The minimum Gasteiger partial charge on any atom is -0.493 e. The number of hydrogen-bond donors (Lipinski definition) is 2. The van der Waals surface area contributed by atoms with Crippen molar-refractivity contribution in [2.45, 2.75) is 38.4 Å². The molecule has 146 valence electrons. The standard InChI is InChI=1S/C20H26N4OS.HI/c1-14(24-9-6-19-15(13-24)8-11-26-19)12-22-20(21)23-17-7-10-25-18-5-3-2-4-16(17)18;/h2-5,8,11,14,17H,6-7,9-10,12-13H2,1H3,(H3,21,22,23);1H. The van der Waals surface area contributed by atoms with Crippen LogP contribution in [0.4, 0.5) is 0 Å². The van der Waals surface area contributed by atoms with E-state index in [4.69, 9.17) is 10.5 Å². The van der Waals surface area contributed by atoms with Crippen molar-refractivity contribution in [3.8, 4) is 5.75 Å². The first-order chi connectivity index (χ1) is 12.7. The molecule has 2 unspecified atom stereocenters. The Bertz CT molecular complexity index is 794. The van der Waals surface area contributed by atoms with Gasteiger partial charge in [0.05, 0.1) is 19.2 Å². The zero-order chi connectivity index (χ0) is 17.9. The van der Waals surface area contributed by atoms with Crippen molar-refractivity contribution in [1.29, 1.82) is 0 Å². The molecule has 0 fully saturated rings. The van der Waals surface area contributed by atoms with Gasteiger partial charge in [0.2, 0.25) is 0 Å². The molecule has 0 radical (unpaired) electrons. The van der Waals surface area contributed by atoms with Crippen molar-refractivity contribution in [3.63, 3.8) is 0 Å². The lowest BCUT2D eigenvalue weighted by Gasteiger charge is -2.31. The molecule has 1 aromatic heterocycles. The van der Waals surface area contributed by atoms with E-state index >= 15 is 0 Å². The minimum absolute atomic E-state index is 0. The summed E-state index contributed by atoms with van der Waals surface area (Å²) < 4.78 is 5.71. The van der Waals surface area contributed by atoms with E-state index in [9.17, 15) is 0 Å². The minimum atomic E-state index is 0. The van der Waals surface area contributed by atoms with Crippen molar-refractivity contribution in [1.82, 2.24) is 10.2 Å². The van der Waals surface area contributed by atoms with Crippen LogP contribution >= 0.6 is 35.3 Å². The van der Waals surface area contributed by atoms with Gasteiger partial charge in [0, 0.05) is 36.0 Å². The highest BCUT2D eigenvalue weighted by Gasteiger charge is 2.23. The summed E-state index contributed by atoms with van der Waals surface area (Å²) in [4.78, 5) is 8.65. The average molecular weight is 498 g/mol. The number of rotatable bonds is 4. The van der Waals surface area contributed by atoms with Crippen molar-refractivity contribution in [3.05, 3.63) is 51.7 Å². The van der Waals surface area contributed by atoms with Gasteiger partial charge in [-0.1, -0.05) is 18.2 Å². The fourth-order valence-corrected chi connectivity index (χ4v) is 4.60. The van der Waals surface area contributed by atoms with Crippen LogP contribution in [0.15, 0.2) is 40.7 Å². The summed E-state index contributed by atoms with van der Waals surface area (Å²) in [6.07, 6.45) is 2.05. The Hall–Kier alpha value is -1.32. The zero-order valence-corrected chi connectivity index (χ0v) is 18.7. The number of nitrogens with zero attached hydrogens (tertiary/aromatic N) is 2. The Balaban J connectivity index is 0.00000210. The van der Waals surface area contributed by atoms with E-state index in [1.54, 1.807) is 0 Å². The molecule has 0 amide bonds. The highest BCUT2D eigenvalue weighted by molar-refractivity contribution is 14.0. The first-order valence-corrected chi connectivity index (χ1v) is 10.2. The molecule has 2 aliphatic rings. The Labute approximate surface area is 182 Å². The van der Waals surface area contributed by atoms with Crippen LogP contribution in [-0.2, 0) is 13.0 Å². The maximum atomic E-state index is 6.18. The Kier molecular flexibility index (Phi) is 6.99. The highest BCUT2D eigenvalue weighted by Crippen LogP contribution is 2.31. The number of benzene rings is 1. The number of aliphatic imine (C=N–C) groups is 1. The van der Waals surface area contributed by atoms with E-state index in [-0.39, 0.29) is 30.0 Å². The summed E-state index contributed by atoms with van der Waals surface area (Å²) in [5.74, 6) is 1.46. The topological polar surface area (TPSA) is 62.9 Å². The van der Waals surface area contributed by atoms with Crippen LogP contribution in [0.25, 0.3) is 0 Å². The average Bonchev–Trinajstić information content (AvgIpc) is 3.14. The molecular weight excluding hydrogens is 471 g/mol. The van der Waals surface area contributed by atoms with Crippen LogP contribution in [0.3, 0.4) is 0 Å². The van der Waals surface area contributed by atoms with Gasteiger partial charge in [0.25, 0.3) is 0 Å². The molecule has 5 nitrogen and oxygen atoms in total. The first-order valence-electron chi connectivity index (χ1n) is 9.28. The van der Waals surface area contributed by atoms with Gasteiger partial charge < -0.3 is 15.8 Å². The SMILES string of the molecule is CC(CN=C(N)NC1CCOc2ccccc21)N1CCc2sccc2C1.I. The normalized spacial score (nSPS) is 20.6. The fraction of sp³-hybridized carbons (Fsp3) is 0.450. The maximum Gasteiger partial charge on any atom is 0.189 e. The molecule has 1 aromatic carbocycles. The molecule has 2 atom stereocenters. The van der Waals surface area contributed by atoms with E-state index in [1.807, 2.05) is 29.5 Å². The summed E-state index contributed by atoms with van der Waals surface area (Å²) in [6, 6.07) is 10.9. The van der Waals surface area contributed by atoms with E-state index in [1.165, 1.54) is 10.4 Å². The van der Waals surface area contributed by atoms with Crippen molar-refractivity contribution < 1.29 is 4.74 Å². The summed E-state index contributed by atoms with van der Waals surface area (Å²) in [7, 11) is 0. The molecule has 0 bridgehead atoms. The lowest BCUT2D eigenvalue weighted by atomic mass is 10.0. The lowest BCUT2D eigenvalue weighted by Crippen LogP contribution is -2.41. The van der Waals surface area contributed by atoms with Gasteiger partial charge in [0.15, 0.2) is 5.96 Å².